The molecule has 5 heteroatoms. The molecule has 0 aromatic heterocycles. The van der Waals surface area contributed by atoms with Crippen LogP contribution in [0.5, 0.6) is 0 Å². The quantitative estimate of drug-likeness (QED) is 0.584. The average molecular weight is 358 g/mol. The second-order valence-electron chi connectivity index (χ2n) is 4.70. The summed E-state index contributed by atoms with van der Waals surface area (Å²) in [5.41, 5.74) is 0.744. The van der Waals surface area contributed by atoms with E-state index in [1.807, 2.05) is 6.92 Å². The summed E-state index contributed by atoms with van der Waals surface area (Å²) in [6, 6.07) is 6.42. The first-order valence-corrected chi connectivity index (χ1v) is 7.47. The van der Waals surface area contributed by atoms with Crippen molar-refractivity contribution in [1.29, 1.82) is 0 Å². The normalized spacial score (nSPS) is 10.9. The van der Waals surface area contributed by atoms with Crippen molar-refractivity contribution in [2.24, 2.45) is 0 Å². The van der Waals surface area contributed by atoms with E-state index in [1.54, 1.807) is 0 Å². The number of halogens is 4. The van der Waals surface area contributed by atoms with E-state index in [9.17, 15) is 13.2 Å². The van der Waals surface area contributed by atoms with Gasteiger partial charge in [-0.05, 0) is 64.3 Å². The van der Waals surface area contributed by atoms with Crippen LogP contribution >= 0.6 is 15.9 Å². The predicted octanol–water partition coefficient (Wildman–Crippen LogP) is 5.03. The van der Waals surface area contributed by atoms with Crippen LogP contribution in [0.1, 0.15) is 18.9 Å². The highest BCUT2D eigenvalue weighted by Gasteiger charge is 2.17. The lowest BCUT2D eigenvalue weighted by Crippen LogP contribution is -2.15. The van der Waals surface area contributed by atoms with Crippen molar-refractivity contribution in [1.82, 2.24) is 5.32 Å². The molecule has 0 aliphatic rings. The van der Waals surface area contributed by atoms with Gasteiger partial charge in [-0.1, -0.05) is 13.0 Å². The molecule has 0 atom stereocenters. The summed E-state index contributed by atoms with van der Waals surface area (Å²) in [5, 5.41) is 3.12. The zero-order chi connectivity index (χ0) is 15.4. The second kappa shape index (κ2) is 7.09. The van der Waals surface area contributed by atoms with Crippen molar-refractivity contribution >= 4 is 15.9 Å². The molecular weight excluding hydrogens is 343 g/mol. The van der Waals surface area contributed by atoms with Gasteiger partial charge in [0.25, 0.3) is 0 Å². The Balaban J connectivity index is 2.51. The average Bonchev–Trinajstić information content (AvgIpc) is 2.46. The molecule has 2 aromatic carbocycles. The zero-order valence-electron chi connectivity index (χ0n) is 11.5. The van der Waals surface area contributed by atoms with Gasteiger partial charge < -0.3 is 5.32 Å². The third-order valence-electron chi connectivity index (χ3n) is 3.12. The van der Waals surface area contributed by atoms with Gasteiger partial charge in [-0.25, -0.2) is 13.2 Å². The fourth-order valence-electron chi connectivity index (χ4n) is 2.13. The van der Waals surface area contributed by atoms with Gasteiger partial charge in [0, 0.05) is 6.54 Å². The molecule has 0 unspecified atom stereocenters. The number of nitrogens with one attached hydrogen (secondary N) is 1. The summed E-state index contributed by atoms with van der Waals surface area (Å²) in [4.78, 5) is 0. The first kappa shape index (κ1) is 16.0. The van der Waals surface area contributed by atoms with Crippen LogP contribution in [0.4, 0.5) is 13.2 Å². The van der Waals surface area contributed by atoms with Crippen LogP contribution in [0.2, 0.25) is 0 Å². The predicted molar refractivity (Wildman–Crippen MR) is 81.4 cm³/mol. The van der Waals surface area contributed by atoms with E-state index in [2.05, 4.69) is 21.2 Å². The molecule has 2 aromatic rings. The molecule has 0 fully saturated rings. The van der Waals surface area contributed by atoms with E-state index in [-0.39, 0.29) is 10.0 Å². The summed E-state index contributed by atoms with van der Waals surface area (Å²) in [7, 11) is 0. The molecule has 2 rings (SSSR count). The topological polar surface area (TPSA) is 12.0 Å². The maximum atomic E-state index is 14.2. The molecule has 0 heterocycles. The number of hydrogen-bond donors (Lipinski definition) is 1. The lowest BCUT2D eigenvalue weighted by molar-refractivity contribution is 0.583. The first-order chi connectivity index (χ1) is 10.0. The van der Waals surface area contributed by atoms with Gasteiger partial charge in [-0.3, -0.25) is 0 Å². The highest BCUT2D eigenvalue weighted by Crippen LogP contribution is 2.33. The van der Waals surface area contributed by atoms with Gasteiger partial charge in [0.2, 0.25) is 0 Å². The van der Waals surface area contributed by atoms with Crippen LogP contribution < -0.4 is 5.32 Å². The minimum atomic E-state index is -0.682. The van der Waals surface area contributed by atoms with Crippen LogP contribution in [0.3, 0.4) is 0 Å². The van der Waals surface area contributed by atoms with E-state index in [0.29, 0.717) is 17.7 Å². The van der Waals surface area contributed by atoms with Gasteiger partial charge in [-0.2, -0.15) is 0 Å². The Bertz CT molecular complexity index is 644. The molecule has 1 N–H and O–H groups in total. The molecule has 0 saturated carbocycles. The lowest BCUT2D eigenvalue weighted by atomic mass is 9.98. The molecule has 0 radical (unpaired) electrons. The Morgan fingerprint density at radius 3 is 2.57 bits per heavy atom. The summed E-state index contributed by atoms with van der Waals surface area (Å²) in [5.74, 6) is -1.78. The first-order valence-electron chi connectivity index (χ1n) is 6.67. The SMILES string of the molecule is CCCNCc1cc(F)ccc1-c1c(F)ccc(Br)c1F. The molecule has 0 spiro atoms. The van der Waals surface area contributed by atoms with Crippen LogP contribution in [-0.4, -0.2) is 6.54 Å². The second-order valence-corrected chi connectivity index (χ2v) is 5.55. The number of rotatable bonds is 5. The van der Waals surface area contributed by atoms with Gasteiger partial charge in [0.1, 0.15) is 17.5 Å². The minimum Gasteiger partial charge on any atom is -0.313 e. The van der Waals surface area contributed by atoms with Crippen LogP contribution in [0.15, 0.2) is 34.8 Å². The molecule has 0 bridgehead atoms. The van der Waals surface area contributed by atoms with E-state index in [4.69, 9.17) is 0 Å². The molecular formula is C16H15BrF3N. The fraction of sp³-hybridized carbons (Fsp3) is 0.250. The minimum absolute atomic E-state index is 0.141. The highest BCUT2D eigenvalue weighted by molar-refractivity contribution is 9.10. The number of hydrogen-bond acceptors (Lipinski definition) is 1. The molecule has 112 valence electrons. The monoisotopic (exact) mass is 357 g/mol. The smallest absolute Gasteiger partial charge is 0.148 e. The Kier molecular flexibility index (Phi) is 5.42. The standard InChI is InChI=1S/C16H15BrF3N/c1-2-7-21-9-10-8-11(18)3-4-12(10)15-14(19)6-5-13(17)16(15)20/h3-6,8,21H,2,7,9H2,1H3. The van der Waals surface area contributed by atoms with Gasteiger partial charge in [0.05, 0.1) is 10.0 Å². The maximum Gasteiger partial charge on any atom is 0.148 e. The maximum absolute atomic E-state index is 14.2. The van der Waals surface area contributed by atoms with E-state index < -0.39 is 17.5 Å². The molecule has 0 saturated heterocycles. The third-order valence-corrected chi connectivity index (χ3v) is 3.74. The van der Waals surface area contributed by atoms with Crippen LogP contribution in [0.25, 0.3) is 11.1 Å². The van der Waals surface area contributed by atoms with Crippen LogP contribution in [-0.2, 0) is 6.54 Å². The highest BCUT2D eigenvalue weighted by atomic mass is 79.9. The Hall–Kier alpha value is -1.33. The largest absolute Gasteiger partial charge is 0.313 e. The summed E-state index contributed by atoms with van der Waals surface area (Å²) >= 11 is 3.05. The third kappa shape index (κ3) is 3.66. The van der Waals surface area contributed by atoms with Gasteiger partial charge in [-0.15, -0.1) is 0 Å². The molecule has 21 heavy (non-hydrogen) atoms. The van der Waals surface area contributed by atoms with Crippen molar-refractivity contribution in [3.8, 4) is 11.1 Å². The summed E-state index contributed by atoms with van der Waals surface area (Å²) in [6.45, 7) is 3.11. The summed E-state index contributed by atoms with van der Waals surface area (Å²) < 4.78 is 41.8. The molecule has 0 aliphatic heterocycles. The van der Waals surface area contributed by atoms with Crippen LogP contribution in [0, 0.1) is 17.5 Å². The molecule has 0 amide bonds. The molecule has 1 nitrogen and oxygen atoms in total. The van der Waals surface area contributed by atoms with Crippen molar-refractivity contribution < 1.29 is 13.2 Å². The summed E-state index contributed by atoms with van der Waals surface area (Å²) in [6.07, 6.45) is 0.921. The Morgan fingerprint density at radius 1 is 1.10 bits per heavy atom. The van der Waals surface area contributed by atoms with Crippen molar-refractivity contribution in [3.05, 3.63) is 57.8 Å². The Labute approximate surface area is 130 Å². The van der Waals surface area contributed by atoms with E-state index in [1.165, 1.54) is 30.3 Å². The lowest BCUT2D eigenvalue weighted by Gasteiger charge is -2.13. The van der Waals surface area contributed by atoms with Crippen molar-refractivity contribution in [2.45, 2.75) is 19.9 Å². The molecule has 0 aliphatic carbocycles. The van der Waals surface area contributed by atoms with E-state index in [0.717, 1.165) is 13.0 Å². The van der Waals surface area contributed by atoms with E-state index >= 15 is 0 Å². The van der Waals surface area contributed by atoms with Crippen molar-refractivity contribution in [2.75, 3.05) is 6.54 Å². The zero-order valence-corrected chi connectivity index (χ0v) is 13.1. The fourth-order valence-corrected chi connectivity index (χ4v) is 2.46. The number of benzene rings is 2. The van der Waals surface area contributed by atoms with Gasteiger partial charge in [0.15, 0.2) is 0 Å². The van der Waals surface area contributed by atoms with Gasteiger partial charge >= 0.3 is 0 Å². The Morgan fingerprint density at radius 2 is 1.86 bits per heavy atom. The van der Waals surface area contributed by atoms with Crippen molar-refractivity contribution in [3.63, 3.8) is 0 Å².